The first-order valence-electron chi connectivity index (χ1n) is 6.79. The van der Waals surface area contributed by atoms with Crippen LogP contribution < -0.4 is 5.32 Å². The van der Waals surface area contributed by atoms with Crippen LogP contribution in [-0.4, -0.2) is 27.1 Å². The summed E-state index contributed by atoms with van der Waals surface area (Å²) in [6, 6.07) is 0.175. The highest BCUT2D eigenvalue weighted by molar-refractivity contribution is 5.32. The van der Waals surface area contributed by atoms with Crippen molar-refractivity contribution in [3.05, 3.63) is 22.1 Å². The van der Waals surface area contributed by atoms with Crippen LogP contribution in [0.3, 0.4) is 0 Å². The number of rotatable bonds is 7. The summed E-state index contributed by atoms with van der Waals surface area (Å²) in [6.45, 7) is 9.28. The van der Waals surface area contributed by atoms with Gasteiger partial charge in [-0.25, -0.2) is 0 Å². The van der Waals surface area contributed by atoms with Gasteiger partial charge in [0.05, 0.1) is 0 Å². The van der Waals surface area contributed by atoms with Gasteiger partial charge >= 0.3 is 5.82 Å². The topological polar surface area (TPSA) is 73.0 Å². The first kappa shape index (κ1) is 15.6. The van der Waals surface area contributed by atoms with E-state index in [0.29, 0.717) is 11.6 Å². The van der Waals surface area contributed by atoms with E-state index < -0.39 is 4.92 Å². The number of hydrogen-bond acceptors (Lipinski definition) is 4. The van der Waals surface area contributed by atoms with E-state index >= 15 is 0 Å². The summed E-state index contributed by atoms with van der Waals surface area (Å²) in [4.78, 5) is 14.6. The van der Waals surface area contributed by atoms with Gasteiger partial charge in [0.2, 0.25) is 6.33 Å². The monoisotopic (exact) mass is 268 g/mol. The van der Waals surface area contributed by atoms with Gasteiger partial charge in [0.25, 0.3) is 0 Å². The molecule has 1 rings (SSSR count). The van der Waals surface area contributed by atoms with E-state index in [9.17, 15) is 10.1 Å². The molecule has 1 heterocycles. The molecule has 1 aromatic rings. The minimum absolute atomic E-state index is 0.0219. The van der Waals surface area contributed by atoms with Crippen molar-refractivity contribution in [1.29, 1.82) is 0 Å². The number of nitrogens with one attached hydrogen (secondary N) is 1. The molecule has 1 N–H and O–H groups in total. The Bertz CT molecular complexity index is 428. The molecule has 0 aromatic carbocycles. The van der Waals surface area contributed by atoms with Crippen LogP contribution in [0.5, 0.6) is 0 Å². The van der Waals surface area contributed by atoms with Gasteiger partial charge in [-0.3, -0.25) is 0 Å². The van der Waals surface area contributed by atoms with Crippen molar-refractivity contribution in [2.45, 2.75) is 46.1 Å². The SMILES string of the molecule is CCCNC(C)C(c1c([N+](=O)[O-])ncn1C)C(C)C. The second kappa shape index (κ2) is 6.65. The van der Waals surface area contributed by atoms with Crippen molar-refractivity contribution in [1.82, 2.24) is 14.9 Å². The van der Waals surface area contributed by atoms with Crippen LogP contribution in [0.4, 0.5) is 5.82 Å². The van der Waals surface area contributed by atoms with E-state index in [1.54, 1.807) is 4.57 Å². The van der Waals surface area contributed by atoms with Crippen LogP contribution in [-0.2, 0) is 7.05 Å². The Labute approximate surface area is 114 Å². The maximum atomic E-state index is 11.1. The Morgan fingerprint density at radius 3 is 2.58 bits per heavy atom. The van der Waals surface area contributed by atoms with Crippen LogP contribution in [0.2, 0.25) is 0 Å². The maximum absolute atomic E-state index is 11.1. The highest BCUT2D eigenvalue weighted by atomic mass is 16.6. The fourth-order valence-electron chi connectivity index (χ4n) is 2.58. The third kappa shape index (κ3) is 3.53. The van der Waals surface area contributed by atoms with Crippen LogP contribution >= 0.6 is 0 Å². The van der Waals surface area contributed by atoms with Gasteiger partial charge in [-0.1, -0.05) is 20.8 Å². The predicted molar refractivity (Wildman–Crippen MR) is 75.2 cm³/mol. The van der Waals surface area contributed by atoms with Crippen LogP contribution in [0.15, 0.2) is 6.33 Å². The highest BCUT2D eigenvalue weighted by Crippen LogP contribution is 2.33. The molecule has 6 nitrogen and oxygen atoms in total. The Morgan fingerprint density at radius 2 is 2.11 bits per heavy atom. The summed E-state index contributed by atoms with van der Waals surface area (Å²) in [7, 11) is 1.82. The minimum Gasteiger partial charge on any atom is -0.358 e. The minimum atomic E-state index is -0.392. The molecule has 0 saturated carbocycles. The van der Waals surface area contributed by atoms with E-state index in [1.807, 2.05) is 7.05 Å². The molecule has 1 aromatic heterocycles. The molecule has 0 saturated heterocycles. The largest absolute Gasteiger partial charge is 0.385 e. The lowest BCUT2D eigenvalue weighted by atomic mass is 9.86. The second-order valence-corrected chi connectivity index (χ2v) is 5.33. The molecule has 0 aliphatic carbocycles. The molecule has 2 unspecified atom stereocenters. The van der Waals surface area contributed by atoms with Gasteiger partial charge < -0.3 is 20.0 Å². The van der Waals surface area contributed by atoms with Crippen molar-refractivity contribution >= 4 is 5.82 Å². The quantitative estimate of drug-likeness (QED) is 0.609. The smallest absolute Gasteiger partial charge is 0.358 e. The van der Waals surface area contributed by atoms with Gasteiger partial charge in [-0.05, 0) is 35.7 Å². The van der Waals surface area contributed by atoms with E-state index in [0.717, 1.165) is 13.0 Å². The number of aryl methyl sites for hydroxylation is 1. The lowest BCUT2D eigenvalue weighted by Crippen LogP contribution is -2.36. The summed E-state index contributed by atoms with van der Waals surface area (Å²) in [5, 5.41) is 14.5. The standard InChI is InChI=1S/C13H24N4O2/c1-6-7-14-10(4)11(9(2)3)12-13(17(18)19)15-8-16(12)5/h8-11,14H,6-7H2,1-5H3. The molecule has 0 aliphatic heterocycles. The highest BCUT2D eigenvalue weighted by Gasteiger charge is 2.33. The molecule has 19 heavy (non-hydrogen) atoms. The van der Waals surface area contributed by atoms with Crippen LogP contribution in [0, 0.1) is 16.0 Å². The number of imidazole rings is 1. The van der Waals surface area contributed by atoms with Crippen molar-refractivity contribution in [3.8, 4) is 0 Å². The fraction of sp³-hybridized carbons (Fsp3) is 0.769. The molecule has 0 amide bonds. The third-order valence-corrected chi connectivity index (χ3v) is 3.42. The van der Waals surface area contributed by atoms with Crippen molar-refractivity contribution in [2.75, 3.05) is 6.54 Å². The summed E-state index contributed by atoms with van der Waals surface area (Å²) < 4.78 is 1.77. The molecule has 6 heteroatoms. The molecule has 108 valence electrons. The van der Waals surface area contributed by atoms with Crippen molar-refractivity contribution in [3.63, 3.8) is 0 Å². The van der Waals surface area contributed by atoms with E-state index in [-0.39, 0.29) is 17.8 Å². The van der Waals surface area contributed by atoms with Gasteiger partial charge in [0, 0.05) is 19.0 Å². The summed E-state index contributed by atoms with van der Waals surface area (Å²) in [5.74, 6) is 0.347. The average Bonchev–Trinajstić information content (AvgIpc) is 2.69. The number of aromatic nitrogens is 2. The molecule has 0 spiro atoms. The Balaban J connectivity index is 3.12. The van der Waals surface area contributed by atoms with E-state index in [4.69, 9.17) is 0 Å². The lowest BCUT2D eigenvalue weighted by Gasteiger charge is -2.28. The summed E-state index contributed by atoms with van der Waals surface area (Å²) in [6.07, 6.45) is 2.57. The summed E-state index contributed by atoms with van der Waals surface area (Å²) in [5.41, 5.74) is 0.705. The number of hydrogen-bond donors (Lipinski definition) is 1. The first-order valence-corrected chi connectivity index (χ1v) is 6.79. The molecular weight excluding hydrogens is 244 g/mol. The van der Waals surface area contributed by atoms with Gasteiger partial charge in [0.15, 0.2) is 0 Å². The molecule has 0 fully saturated rings. The molecular formula is C13H24N4O2. The summed E-state index contributed by atoms with van der Waals surface area (Å²) >= 11 is 0. The zero-order chi connectivity index (χ0) is 14.6. The van der Waals surface area contributed by atoms with Gasteiger partial charge in [0.1, 0.15) is 5.69 Å². The number of nitro groups is 1. The van der Waals surface area contributed by atoms with Gasteiger partial charge in [-0.15, -0.1) is 0 Å². The van der Waals surface area contributed by atoms with Crippen molar-refractivity contribution < 1.29 is 4.92 Å². The zero-order valence-corrected chi connectivity index (χ0v) is 12.4. The molecule has 0 radical (unpaired) electrons. The maximum Gasteiger partial charge on any atom is 0.385 e. The van der Waals surface area contributed by atoms with Crippen LogP contribution in [0.25, 0.3) is 0 Å². The zero-order valence-electron chi connectivity index (χ0n) is 12.4. The molecule has 0 aliphatic rings. The number of nitrogens with zero attached hydrogens (tertiary/aromatic N) is 3. The predicted octanol–water partition coefficient (Wildman–Crippen LogP) is 2.46. The first-order chi connectivity index (χ1) is 8.90. The van der Waals surface area contributed by atoms with Gasteiger partial charge in [-0.2, -0.15) is 0 Å². The second-order valence-electron chi connectivity index (χ2n) is 5.33. The Hall–Kier alpha value is -1.43. The Kier molecular flexibility index (Phi) is 5.47. The molecule has 2 atom stereocenters. The normalized spacial score (nSPS) is 14.6. The van der Waals surface area contributed by atoms with Crippen molar-refractivity contribution in [2.24, 2.45) is 13.0 Å². The van der Waals surface area contributed by atoms with E-state index in [2.05, 4.69) is 38.0 Å². The van der Waals surface area contributed by atoms with E-state index in [1.165, 1.54) is 6.33 Å². The molecule has 0 bridgehead atoms. The average molecular weight is 268 g/mol. The lowest BCUT2D eigenvalue weighted by molar-refractivity contribution is -0.390. The third-order valence-electron chi connectivity index (χ3n) is 3.42. The van der Waals surface area contributed by atoms with Crippen LogP contribution in [0.1, 0.15) is 45.7 Å². The Morgan fingerprint density at radius 1 is 1.47 bits per heavy atom. The fourth-order valence-corrected chi connectivity index (χ4v) is 2.58.